The average Bonchev–Trinajstić information content (AvgIpc) is 1.87. The van der Waals surface area contributed by atoms with Crippen LogP contribution in [-0.4, -0.2) is 12.1 Å². The van der Waals surface area contributed by atoms with Gasteiger partial charge in [-0.3, -0.25) is 4.79 Å². The zero-order chi connectivity index (χ0) is 8.85. The Labute approximate surface area is 65.4 Å². The highest BCUT2D eigenvalue weighted by Crippen LogP contribution is 1.99. The van der Waals surface area contributed by atoms with Crippen LogP contribution in [0.25, 0.3) is 10.4 Å². The maximum atomic E-state index is 10.6. The van der Waals surface area contributed by atoms with Crippen LogP contribution < -0.4 is 5.32 Å². The maximum Gasteiger partial charge on any atom is 0.308 e. The summed E-state index contributed by atoms with van der Waals surface area (Å²) in [6.45, 7) is 5.80. The van der Waals surface area contributed by atoms with Gasteiger partial charge in [0.05, 0.1) is 0 Å². The van der Waals surface area contributed by atoms with E-state index in [4.69, 9.17) is 5.53 Å². The lowest BCUT2D eigenvalue weighted by Gasteiger charge is -2.15. The normalized spacial score (nSPS) is 12.0. The van der Waals surface area contributed by atoms with Gasteiger partial charge in [0, 0.05) is 16.1 Å². The quantitative estimate of drug-likeness (QED) is 0.370. The molecule has 0 aromatic carbocycles. The van der Waals surface area contributed by atoms with Crippen molar-refractivity contribution in [3.63, 3.8) is 0 Å². The lowest BCUT2D eigenvalue weighted by Crippen LogP contribution is -2.33. The molecule has 1 N–H and O–H groups in total. The van der Waals surface area contributed by atoms with Crippen molar-refractivity contribution >= 4 is 6.03 Å². The van der Waals surface area contributed by atoms with E-state index >= 15 is 0 Å². The van der Waals surface area contributed by atoms with Gasteiger partial charge in [-0.05, 0) is 18.4 Å². The van der Waals surface area contributed by atoms with E-state index in [2.05, 4.69) is 15.3 Å². The number of amides is 2. The van der Waals surface area contributed by atoms with Crippen LogP contribution in [0.4, 0.5) is 4.79 Å². The van der Waals surface area contributed by atoms with Gasteiger partial charge in [-0.1, -0.05) is 13.8 Å². The third-order valence-corrected chi connectivity index (χ3v) is 1.49. The van der Waals surface area contributed by atoms with Gasteiger partial charge in [0.2, 0.25) is 0 Å². The predicted octanol–water partition coefficient (Wildman–Crippen LogP) is 2.05. The topological polar surface area (TPSA) is 77.9 Å². The Morgan fingerprint density at radius 2 is 2.09 bits per heavy atom. The summed E-state index contributed by atoms with van der Waals surface area (Å²) in [7, 11) is 0. The van der Waals surface area contributed by atoms with Crippen LogP contribution in [0, 0.1) is 5.92 Å². The van der Waals surface area contributed by atoms with Crippen molar-refractivity contribution in [3.05, 3.63) is 10.4 Å². The number of nitrogens with one attached hydrogen (secondary N) is 1. The van der Waals surface area contributed by atoms with E-state index in [1.807, 2.05) is 20.8 Å². The zero-order valence-electron chi connectivity index (χ0n) is 6.90. The fourth-order valence-corrected chi connectivity index (χ4v) is 0.431. The van der Waals surface area contributed by atoms with E-state index in [9.17, 15) is 4.79 Å². The summed E-state index contributed by atoms with van der Waals surface area (Å²) in [6.07, 6.45) is 0. The first-order valence-corrected chi connectivity index (χ1v) is 3.43. The number of nitrogens with zero attached hydrogens (tertiary/aromatic N) is 3. The summed E-state index contributed by atoms with van der Waals surface area (Å²) in [6, 6.07) is -0.582. The van der Waals surface area contributed by atoms with E-state index in [1.165, 1.54) is 0 Å². The molecule has 0 spiro atoms. The molecule has 0 aliphatic carbocycles. The molecule has 5 heteroatoms. The summed E-state index contributed by atoms with van der Waals surface area (Å²) < 4.78 is 0. The molecule has 0 bridgehead atoms. The van der Waals surface area contributed by atoms with E-state index in [-0.39, 0.29) is 6.04 Å². The van der Waals surface area contributed by atoms with Crippen molar-refractivity contribution in [2.24, 2.45) is 11.0 Å². The summed E-state index contributed by atoms with van der Waals surface area (Å²) in [5.41, 5.74) is 7.89. The third-order valence-electron chi connectivity index (χ3n) is 1.49. The highest BCUT2D eigenvalue weighted by molar-refractivity contribution is 5.74. The van der Waals surface area contributed by atoms with Crippen LogP contribution in [-0.2, 0) is 0 Å². The van der Waals surface area contributed by atoms with Crippen molar-refractivity contribution in [1.82, 2.24) is 5.32 Å². The molecule has 11 heavy (non-hydrogen) atoms. The lowest BCUT2D eigenvalue weighted by atomic mass is 10.1. The average molecular weight is 156 g/mol. The summed E-state index contributed by atoms with van der Waals surface area (Å²) >= 11 is 0. The fourth-order valence-electron chi connectivity index (χ4n) is 0.431. The van der Waals surface area contributed by atoms with E-state index in [0.29, 0.717) is 5.92 Å². The van der Waals surface area contributed by atoms with Crippen molar-refractivity contribution < 1.29 is 4.79 Å². The van der Waals surface area contributed by atoms with Gasteiger partial charge >= 0.3 is 6.03 Å². The minimum absolute atomic E-state index is 0.0352. The third kappa shape index (κ3) is 4.22. The van der Waals surface area contributed by atoms with Crippen LogP contribution in [0.15, 0.2) is 5.11 Å². The first kappa shape index (κ1) is 9.78. The number of hydrogen-bond donors (Lipinski definition) is 1. The summed E-state index contributed by atoms with van der Waals surface area (Å²) in [4.78, 5) is 13.0. The van der Waals surface area contributed by atoms with Crippen LogP contribution in [0.5, 0.6) is 0 Å². The number of carbonyl (C=O) groups excluding carboxylic acids is 1. The first-order valence-electron chi connectivity index (χ1n) is 3.43. The van der Waals surface area contributed by atoms with Gasteiger partial charge in [0.1, 0.15) is 0 Å². The van der Waals surface area contributed by atoms with Crippen LogP contribution in [0.1, 0.15) is 20.8 Å². The molecule has 0 aromatic heterocycles. The van der Waals surface area contributed by atoms with Crippen molar-refractivity contribution in [1.29, 1.82) is 0 Å². The molecular formula is C6H12N4O. The fraction of sp³-hybridized carbons (Fsp3) is 0.833. The predicted molar refractivity (Wildman–Crippen MR) is 42.0 cm³/mol. The number of urea groups is 1. The Hall–Kier alpha value is -1.22. The minimum Gasteiger partial charge on any atom is -0.348 e. The highest BCUT2D eigenvalue weighted by atomic mass is 16.2. The van der Waals surface area contributed by atoms with Gasteiger partial charge in [-0.2, -0.15) is 0 Å². The molecule has 0 rings (SSSR count). The van der Waals surface area contributed by atoms with Crippen LogP contribution >= 0.6 is 0 Å². The molecule has 0 aromatic rings. The van der Waals surface area contributed by atoms with Crippen LogP contribution in [0.3, 0.4) is 0 Å². The Balaban J connectivity index is 3.84. The first-order chi connectivity index (χ1) is 5.07. The second-order valence-electron chi connectivity index (χ2n) is 2.67. The van der Waals surface area contributed by atoms with Gasteiger partial charge in [0.25, 0.3) is 0 Å². The second kappa shape index (κ2) is 4.57. The van der Waals surface area contributed by atoms with E-state index < -0.39 is 6.03 Å². The molecule has 0 fully saturated rings. The molecule has 5 nitrogen and oxygen atoms in total. The number of rotatable bonds is 2. The molecule has 0 aliphatic heterocycles. The minimum atomic E-state index is -0.617. The smallest absolute Gasteiger partial charge is 0.308 e. The lowest BCUT2D eigenvalue weighted by molar-refractivity contribution is 0.242. The van der Waals surface area contributed by atoms with Gasteiger partial charge in [-0.15, -0.1) is 0 Å². The van der Waals surface area contributed by atoms with Gasteiger partial charge < -0.3 is 5.32 Å². The maximum absolute atomic E-state index is 10.6. The molecule has 0 saturated carbocycles. The highest BCUT2D eigenvalue weighted by Gasteiger charge is 2.08. The molecule has 0 aliphatic rings. The van der Waals surface area contributed by atoms with E-state index in [0.717, 1.165) is 0 Å². The number of azide groups is 1. The Bertz CT molecular complexity index is 183. The van der Waals surface area contributed by atoms with Crippen molar-refractivity contribution in [2.75, 3.05) is 0 Å². The zero-order valence-corrected chi connectivity index (χ0v) is 6.90. The molecule has 2 amide bonds. The molecule has 62 valence electrons. The molecule has 0 radical (unpaired) electrons. The molecule has 1 unspecified atom stereocenters. The van der Waals surface area contributed by atoms with E-state index in [1.54, 1.807) is 0 Å². The molecule has 1 atom stereocenters. The van der Waals surface area contributed by atoms with Crippen molar-refractivity contribution in [2.45, 2.75) is 26.8 Å². The van der Waals surface area contributed by atoms with Crippen molar-refractivity contribution in [3.8, 4) is 0 Å². The SMILES string of the molecule is CC(C)C(C)NC(=O)N=[N+]=[N-]. The Morgan fingerprint density at radius 3 is 2.45 bits per heavy atom. The Kier molecular flexibility index (Phi) is 4.07. The largest absolute Gasteiger partial charge is 0.348 e. The monoisotopic (exact) mass is 156 g/mol. The second-order valence-corrected chi connectivity index (χ2v) is 2.67. The van der Waals surface area contributed by atoms with Gasteiger partial charge in [-0.25, -0.2) is 0 Å². The van der Waals surface area contributed by atoms with Gasteiger partial charge in [0.15, 0.2) is 0 Å². The standard InChI is InChI=1S/C6H12N4O/c1-4(2)5(3)8-6(11)9-10-7/h4-5H,1-3H3,(H,8,11). The number of hydrogen-bond acceptors (Lipinski definition) is 1. The molecule has 0 heterocycles. The summed E-state index contributed by atoms with van der Waals surface area (Å²) in [5.74, 6) is 0.341. The molecule has 0 saturated heterocycles. The van der Waals surface area contributed by atoms with Crippen LogP contribution in [0.2, 0.25) is 0 Å². The Morgan fingerprint density at radius 1 is 1.55 bits per heavy atom. The number of carbonyl (C=O) groups is 1. The molecular weight excluding hydrogens is 144 g/mol. The summed E-state index contributed by atoms with van der Waals surface area (Å²) in [5, 5.41) is 5.40.